The van der Waals surface area contributed by atoms with Crippen molar-refractivity contribution in [2.24, 2.45) is 5.73 Å². The molecular formula is C33H54N6O12. The lowest BCUT2D eigenvalue weighted by Crippen LogP contribution is -2.61. The average Bonchev–Trinajstić information content (AvgIpc) is 3.06. The molecule has 0 bridgehead atoms. The summed E-state index contributed by atoms with van der Waals surface area (Å²) in [6.07, 6.45) is 5.45. The largest absolute Gasteiger partial charge is 0.464 e. The zero-order valence-electron chi connectivity index (χ0n) is 29.6. The predicted octanol–water partition coefficient (Wildman–Crippen LogP) is -0.172. The smallest absolute Gasteiger partial charge is 0.322 e. The van der Waals surface area contributed by atoms with Gasteiger partial charge in [-0.25, -0.2) is 15.2 Å². The van der Waals surface area contributed by atoms with Crippen molar-refractivity contribution >= 4 is 35.5 Å². The number of aliphatic hydroxyl groups is 2. The number of hydrogen-bond donors (Lipinski definition) is 8. The van der Waals surface area contributed by atoms with E-state index in [-0.39, 0.29) is 84.4 Å². The molecule has 1 saturated heterocycles. The third-order valence-electron chi connectivity index (χ3n) is 7.81. The second kappa shape index (κ2) is 24.1. The Bertz CT molecular complexity index is 1290. The Morgan fingerprint density at radius 2 is 1.08 bits per heavy atom. The van der Waals surface area contributed by atoms with E-state index in [0.29, 0.717) is 44.8 Å². The maximum Gasteiger partial charge on any atom is 0.322 e. The van der Waals surface area contributed by atoms with Gasteiger partial charge in [-0.2, -0.15) is 0 Å². The molecule has 3 atom stereocenters. The van der Waals surface area contributed by atoms with Crippen LogP contribution in [0.5, 0.6) is 0 Å². The molecule has 0 aliphatic carbocycles. The summed E-state index contributed by atoms with van der Waals surface area (Å²) in [5, 5.41) is 54.4. The minimum absolute atomic E-state index is 0.0594. The summed E-state index contributed by atoms with van der Waals surface area (Å²) in [5.41, 5.74) is 7.55. The normalized spacial score (nSPS) is 17.3. The van der Waals surface area contributed by atoms with Crippen molar-refractivity contribution in [1.29, 1.82) is 0 Å². The highest BCUT2D eigenvalue weighted by atomic mass is 16.5. The number of nitrogens with two attached hydrogens (primary N) is 1. The summed E-state index contributed by atoms with van der Waals surface area (Å²) in [6.45, 7) is 4.32. The fourth-order valence-corrected chi connectivity index (χ4v) is 4.73. The van der Waals surface area contributed by atoms with Crippen LogP contribution in [0.3, 0.4) is 0 Å². The number of carbonyl (C=O) groups is 6. The van der Waals surface area contributed by atoms with Crippen molar-refractivity contribution in [2.75, 3.05) is 39.5 Å². The lowest BCUT2D eigenvalue weighted by atomic mass is 10.0. The van der Waals surface area contributed by atoms with Gasteiger partial charge in [0, 0.05) is 57.5 Å². The molecule has 0 saturated carbocycles. The second-order valence-corrected chi connectivity index (χ2v) is 12.4. The van der Waals surface area contributed by atoms with Crippen LogP contribution in [0.4, 0.5) is 0 Å². The number of hydroxylamine groups is 6. The molecule has 51 heavy (non-hydrogen) atoms. The molecule has 0 aromatic rings. The maximum absolute atomic E-state index is 12.5. The Morgan fingerprint density at radius 1 is 0.706 bits per heavy atom. The van der Waals surface area contributed by atoms with E-state index in [0.717, 1.165) is 0 Å². The number of rotatable bonds is 23. The summed E-state index contributed by atoms with van der Waals surface area (Å²) in [6, 6.07) is -2.72. The van der Waals surface area contributed by atoms with Crippen molar-refractivity contribution in [3.05, 3.63) is 34.9 Å². The first-order valence-corrected chi connectivity index (χ1v) is 16.9. The van der Waals surface area contributed by atoms with Crippen molar-refractivity contribution in [2.45, 2.75) is 96.7 Å². The molecule has 1 aliphatic heterocycles. The van der Waals surface area contributed by atoms with Crippen molar-refractivity contribution in [3.8, 4) is 0 Å². The van der Waals surface area contributed by atoms with Crippen LogP contribution >= 0.6 is 0 Å². The van der Waals surface area contributed by atoms with Crippen LogP contribution in [0.2, 0.25) is 0 Å². The van der Waals surface area contributed by atoms with Gasteiger partial charge >= 0.3 is 5.97 Å². The van der Waals surface area contributed by atoms with E-state index >= 15 is 0 Å². The molecule has 1 heterocycles. The third-order valence-corrected chi connectivity index (χ3v) is 7.81. The van der Waals surface area contributed by atoms with Crippen LogP contribution in [-0.4, -0.2) is 134 Å². The van der Waals surface area contributed by atoms with Crippen LogP contribution in [0.15, 0.2) is 34.9 Å². The number of nitrogens with one attached hydrogen (secondary N) is 2. The van der Waals surface area contributed by atoms with E-state index in [4.69, 9.17) is 20.7 Å². The van der Waals surface area contributed by atoms with Crippen LogP contribution in [-0.2, 0) is 33.5 Å². The molecule has 1 fully saturated rings. The van der Waals surface area contributed by atoms with Gasteiger partial charge in [-0.15, -0.1) is 0 Å². The van der Waals surface area contributed by atoms with Crippen molar-refractivity contribution in [1.82, 2.24) is 25.8 Å². The fraction of sp³-hybridized carbons (Fsp3) is 0.636. The number of aliphatic hydroxyl groups excluding tert-OH is 2. The minimum Gasteiger partial charge on any atom is -0.464 e. The number of esters is 1. The van der Waals surface area contributed by atoms with Crippen LogP contribution in [0.25, 0.3) is 0 Å². The first-order valence-electron chi connectivity index (χ1n) is 16.9. The molecule has 9 N–H and O–H groups in total. The number of hydrogen-bond acceptors (Lipinski definition) is 13. The zero-order chi connectivity index (χ0) is 38.5. The first-order chi connectivity index (χ1) is 24.1. The van der Waals surface area contributed by atoms with Gasteiger partial charge in [-0.1, -0.05) is 16.7 Å². The van der Waals surface area contributed by atoms with E-state index in [2.05, 4.69) is 10.6 Å². The van der Waals surface area contributed by atoms with Crippen molar-refractivity contribution in [3.63, 3.8) is 0 Å². The van der Waals surface area contributed by atoms with Gasteiger partial charge in [0.05, 0.1) is 6.61 Å². The monoisotopic (exact) mass is 726 g/mol. The zero-order valence-corrected chi connectivity index (χ0v) is 29.6. The number of ether oxygens (including phenoxy) is 1. The molecule has 1 aliphatic rings. The third kappa shape index (κ3) is 18.0. The summed E-state index contributed by atoms with van der Waals surface area (Å²) < 4.78 is 5.14. The molecule has 5 amide bonds. The molecule has 18 nitrogen and oxygen atoms in total. The van der Waals surface area contributed by atoms with Crippen LogP contribution in [0.1, 0.15) is 78.6 Å². The molecular weight excluding hydrogens is 672 g/mol. The van der Waals surface area contributed by atoms with E-state index in [9.17, 15) is 44.4 Å². The standard InChI is InChI=1S/C33H54N6O12/c1-22(10-16-40)19-28(42)37(48)13-4-7-25(34)33(47)51-18-12-24(3)21-30(44)39(50)15-6-9-27-32(46)35-26(31(45)36-27)8-5-14-38(49)29(43)20-23(2)11-17-41/h19-21,25-27,40-41,48-50H,4-18,34H2,1-3H3,(H,35,46)(H,36,45)/b22-19+,23-20+,24-21-. The predicted molar refractivity (Wildman–Crippen MR) is 180 cm³/mol. The van der Waals surface area contributed by atoms with Gasteiger partial charge in [-0.05, 0) is 72.1 Å². The van der Waals surface area contributed by atoms with Gasteiger partial charge in [0.15, 0.2) is 0 Å². The van der Waals surface area contributed by atoms with Gasteiger partial charge in [0.25, 0.3) is 17.7 Å². The van der Waals surface area contributed by atoms with Crippen molar-refractivity contribution < 1.29 is 59.3 Å². The summed E-state index contributed by atoms with van der Waals surface area (Å²) in [4.78, 5) is 73.5. The molecule has 3 unspecified atom stereocenters. The molecule has 0 aromatic heterocycles. The van der Waals surface area contributed by atoms with Gasteiger partial charge in [0.2, 0.25) is 11.8 Å². The molecule has 0 aromatic carbocycles. The Labute approximate surface area is 297 Å². The maximum atomic E-state index is 12.5. The molecule has 18 heteroatoms. The average molecular weight is 727 g/mol. The lowest BCUT2D eigenvalue weighted by molar-refractivity contribution is -0.160. The number of carbonyl (C=O) groups excluding carboxylic acids is 6. The number of piperazine rings is 1. The molecule has 288 valence electrons. The molecule has 0 radical (unpaired) electrons. The highest BCUT2D eigenvalue weighted by molar-refractivity contribution is 5.97. The van der Waals surface area contributed by atoms with E-state index < -0.39 is 53.6 Å². The SMILES string of the molecule is C/C(=C/C(=O)N(O)CCCC1NC(=O)C(CCCN(O)C(=O)/C=C(\C)CCO)NC1=O)CCOC(=O)C(N)CCCN(O)C(=O)/C=C(\C)CCO. The molecule has 1 rings (SSSR count). The second-order valence-electron chi connectivity index (χ2n) is 12.4. The van der Waals surface area contributed by atoms with Gasteiger partial charge in [0.1, 0.15) is 18.1 Å². The quantitative estimate of drug-likeness (QED) is 0.0294. The Hall–Kier alpha value is -4.20. The summed E-state index contributed by atoms with van der Waals surface area (Å²) >= 11 is 0. The van der Waals surface area contributed by atoms with E-state index in [1.54, 1.807) is 20.8 Å². The Kier molecular flexibility index (Phi) is 21.2. The van der Waals surface area contributed by atoms with Crippen LogP contribution < -0.4 is 16.4 Å². The lowest BCUT2D eigenvalue weighted by Gasteiger charge is -2.30. The Balaban J connectivity index is 2.35. The van der Waals surface area contributed by atoms with E-state index in [1.165, 1.54) is 18.2 Å². The first kappa shape index (κ1) is 44.8. The Morgan fingerprint density at radius 3 is 1.47 bits per heavy atom. The number of nitrogens with zero attached hydrogens (tertiary/aromatic N) is 3. The minimum atomic E-state index is -0.995. The van der Waals surface area contributed by atoms with Crippen LogP contribution in [0, 0.1) is 0 Å². The fourth-order valence-electron chi connectivity index (χ4n) is 4.73. The topological polar surface area (TPSA) is 273 Å². The van der Waals surface area contributed by atoms with Gasteiger partial charge in [-0.3, -0.25) is 44.4 Å². The van der Waals surface area contributed by atoms with E-state index in [1.807, 2.05) is 0 Å². The summed E-state index contributed by atoms with van der Waals surface area (Å²) in [5.74, 6) is -3.60. The summed E-state index contributed by atoms with van der Waals surface area (Å²) in [7, 11) is 0. The highest BCUT2D eigenvalue weighted by Gasteiger charge is 2.33. The molecule has 0 spiro atoms. The number of amides is 5. The highest BCUT2D eigenvalue weighted by Crippen LogP contribution is 2.11. The van der Waals surface area contributed by atoms with Gasteiger partial charge < -0.3 is 31.3 Å².